The molecule has 174 valence electrons. The second-order valence-electron chi connectivity index (χ2n) is 9.77. The largest absolute Gasteiger partial charge is 0.0766 e. The summed E-state index contributed by atoms with van der Waals surface area (Å²) >= 11 is 0. The molecular formula is C32H46. The summed E-state index contributed by atoms with van der Waals surface area (Å²) in [5.74, 6) is 0. The zero-order valence-corrected chi connectivity index (χ0v) is 21.4. The maximum atomic E-state index is 2.52. The predicted octanol–water partition coefficient (Wildman–Crippen LogP) is 10.6. The molecule has 0 spiro atoms. The first-order valence-corrected chi connectivity index (χ1v) is 13.7. The lowest BCUT2D eigenvalue weighted by Crippen LogP contribution is -1.94. The molecule has 1 aromatic rings. The molecule has 0 amide bonds. The van der Waals surface area contributed by atoms with Crippen LogP contribution in [0, 0.1) is 0 Å². The highest BCUT2D eigenvalue weighted by molar-refractivity contribution is 5.80. The monoisotopic (exact) mass is 430 g/mol. The molecule has 2 aliphatic rings. The van der Waals surface area contributed by atoms with Crippen LogP contribution in [0.25, 0.3) is 11.1 Å². The van der Waals surface area contributed by atoms with Crippen LogP contribution in [0.2, 0.25) is 0 Å². The Morgan fingerprint density at radius 3 is 1.19 bits per heavy atom. The van der Waals surface area contributed by atoms with E-state index < -0.39 is 0 Å². The number of rotatable bonds is 14. The van der Waals surface area contributed by atoms with E-state index in [2.05, 4.69) is 64.1 Å². The van der Waals surface area contributed by atoms with Gasteiger partial charge in [0.2, 0.25) is 0 Å². The zero-order chi connectivity index (χ0) is 22.8. The first-order chi connectivity index (χ1) is 15.7. The van der Waals surface area contributed by atoms with Gasteiger partial charge in [-0.05, 0) is 109 Å². The Labute approximate surface area is 198 Å². The van der Waals surface area contributed by atoms with Crippen LogP contribution in [0.4, 0.5) is 0 Å². The number of allylic oxidation sites excluding steroid dienone is 8. The maximum absolute atomic E-state index is 2.52. The van der Waals surface area contributed by atoms with Crippen molar-refractivity contribution in [1.29, 1.82) is 0 Å². The fourth-order valence-electron chi connectivity index (χ4n) is 5.36. The summed E-state index contributed by atoms with van der Waals surface area (Å²) in [6, 6.07) is 9.67. The molecule has 0 unspecified atom stereocenters. The predicted molar refractivity (Wildman–Crippen MR) is 144 cm³/mol. The molecule has 0 nitrogen and oxygen atoms in total. The number of unbranched alkanes of at least 4 members (excludes halogenated alkanes) is 4. The van der Waals surface area contributed by atoms with E-state index in [1.165, 1.54) is 88.2 Å². The van der Waals surface area contributed by atoms with Crippen molar-refractivity contribution in [3.63, 3.8) is 0 Å². The molecule has 0 bridgehead atoms. The average Bonchev–Trinajstić information content (AvgIpc) is 3.42. The summed E-state index contributed by atoms with van der Waals surface area (Å²) in [4.78, 5) is 0. The minimum Gasteiger partial charge on any atom is -0.0766 e. The molecule has 0 saturated heterocycles. The summed E-state index contributed by atoms with van der Waals surface area (Å²) in [5, 5.41) is 0. The summed E-state index contributed by atoms with van der Waals surface area (Å²) in [7, 11) is 0. The van der Waals surface area contributed by atoms with Crippen LogP contribution in [0.15, 0.2) is 58.7 Å². The summed E-state index contributed by atoms with van der Waals surface area (Å²) < 4.78 is 0. The van der Waals surface area contributed by atoms with Crippen molar-refractivity contribution in [3.8, 4) is 0 Å². The van der Waals surface area contributed by atoms with E-state index in [1.54, 1.807) is 33.4 Å². The van der Waals surface area contributed by atoms with Gasteiger partial charge in [-0.15, -0.1) is 0 Å². The van der Waals surface area contributed by atoms with E-state index in [0.717, 1.165) is 12.8 Å². The fourth-order valence-corrected chi connectivity index (χ4v) is 5.36. The summed E-state index contributed by atoms with van der Waals surface area (Å²) in [6.45, 7) is 9.24. The topological polar surface area (TPSA) is 0 Å². The minimum atomic E-state index is 1.13. The maximum Gasteiger partial charge on any atom is -0.00827 e. The SMILES string of the molecule is CCCCC1=CCC(c2ccc(C3=C(CCCC)C(CCCC)=CC3)cc2)=C1CCCC. The molecule has 0 aliphatic heterocycles. The smallest absolute Gasteiger partial charge is 0.00827 e. The third-order valence-electron chi connectivity index (χ3n) is 7.35. The molecule has 0 saturated carbocycles. The molecule has 0 fully saturated rings. The van der Waals surface area contributed by atoms with Crippen LogP contribution in [-0.4, -0.2) is 0 Å². The lowest BCUT2D eigenvalue weighted by atomic mass is 9.90. The Morgan fingerprint density at radius 1 is 0.500 bits per heavy atom. The van der Waals surface area contributed by atoms with Crippen molar-refractivity contribution in [2.75, 3.05) is 0 Å². The quantitative estimate of drug-likeness (QED) is 0.275. The molecule has 1 aromatic carbocycles. The standard InChI is InChI=1S/C32H46/c1-5-9-13-25-21-23-31(29(25)15-11-7-3)27-17-19-28(20-18-27)32-24-22-26(14-10-6-2)30(32)16-12-8-4/h17-22H,5-16,23-24H2,1-4H3. The van der Waals surface area contributed by atoms with Gasteiger partial charge < -0.3 is 0 Å². The molecule has 0 radical (unpaired) electrons. The summed E-state index contributed by atoms with van der Waals surface area (Å²) in [5.41, 5.74) is 12.7. The molecule has 0 aromatic heterocycles. The van der Waals surface area contributed by atoms with Crippen molar-refractivity contribution >= 4 is 11.1 Å². The molecule has 0 N–H and O–H groups in total. The van der Waals surface area contributed by atoms with Gasteiger partial charge in [0, 0.05) is 0 Å². The van der Waals surface area contributed by atoms with Crippen molar-refractivity contribution in [1.82, 2.24) is 0 Å². The van der Waals surface area contributed by atoms with Crippen molar-refractivity contribution < 1.29 is 0 Å². The first-order valence-electron chi connectivity index (χ1n) is 13.7. The molecule has 3 rings (SSSR count). The molecular weight excluding hydrogens is 384 g/mol. The normalized spacial score (nSPS) is 16.2. The van der Waals surface area contributed by atoms with Crippen LogP contribution in [-0.2, 0) is 0 Å². The van der Waals surface area contributed by atoms with E-state index in [0.29, 0.717) is 0 Å². The Balaban J connectivity index is 1.84. The zero-order valence-electron chi connectivity index (χ0n) is 21.4. The van der Waals surface area contributed by atoms with Gasteiger partial charge in [-0.2, -0.15) is 0 Å². The molecule has 0 atom stereocenters. The van der Waals surface area contributed by atoms with Gasteiger partial charge in [0.05, 0.1) is 0 Å². The van der Waals surface area contributed by atoms with Crippen LogP contribution >= 0.6 is 0 Å². The van der Waals surface area contributed by atoms with Crippen LogP contribution < -0.4 is 0 Å². The highest BCUT2D eigenvalue weighted by Crippen LogP contribution is 2.41. The second-order valence-corrected chi connectivity index (χ2v) is 9.77. The third-order valence-corrected chi connectivity index (χ3v) is 7.35. The van der Waals surface area contributed by atoms with Crippen LogP contribution in [0.1, 0.15) is 129 Å². The number of hydrogen-bond donors (Lipinski definition) is 0. The Morgan fingerprint density at radius 2 is 0.844 bits per heavy atom. The lowest BCUT2D eigenvalue weighted by Gasteiger charge is -2.14. The van der Waals surface area contributed by atoms with Gasteiger partial charge in [-0.1, -0.05) is 89.8 Å². The van der Waals surface area contributed by atoms with E-state index >= 15 is 0 Å². The van der Waals surface area contributed by atoms with E-state index in [1.807, 2.05) is 0 Å². The van der Waals surface area contributed by atoms with E-state index in [-0.39, 0.29) is 0 Å². The van der Waals surface area contributed by atoms with Gasteiger partial charge in [0.1, 0.15) is 0 Å². The van der Waals surface area contributed by atoms with Crippen molar-refractivity contribution in [3.05, 3.63) is 69.8 Å². The first kappa shape index (κ1) is 24.8. The van der Waals surface area contributed by atoms with Crippen LogP contribution in [0.5, 0.6) is 0 Å². The summed E-state index contributed by atoms with van der Waals surface area (Å²) in [6.07, 6.45) is 22.7. The van der Waals surface area contributed by atoms with Gasteiger partial charge >= 0.3 is 0 Å². The van der Waals surface area contributed by atoms with Crippen molar-refractivity contribution in [2.45, 2.75) is 118 Å². The molecule has 32 heavy (non-hydrogen) atoms. The Hall–Kier alpha value is -1.82. The number of hydrogen-bond acceptors (Lipinski definition) is 0. The van der Waals surface area contributed by atoms with E-state index in [4.69, 9.17) is 0 Å². The second kappa shape index (κ2) is 13.0. The minimum absolute atomic E-state index is 1.13. The Bertz CT molecular complexity index is 781. The van der Waals surface area contributed by atoms with Gasteiger partial charge in [0.15, 0.2) is 0 Å². The third kappa shape index (κ3) is 6.15. The van der Waals surface area contributed by atoms with Gasteiger partial charge in [0.25, 0.3) is 0 Å². The number of benzene rings is 1. The highest BCUT2D eigenvalue weighted by Gasteiger charge is 2.20. The molecule has 2 aliphatic carbocycles. The van der Waals surface area contributed by atoms with E-state index in [9.17, 15) is 0 Å². The molecule has 0 heteroatoms. The Kier molecular flexibility index (Phi) is 10.1. The van der Waals surface area contributed by atoms with Gasteiger partial charge in [-0.25, -0.2) is 0 Å². The highest BCUT2D eigenvalue weighted by atomic mass is 14.3. The lowest BCUT2D eigenvalue weighted by molar-refractivity contribution is 0.757. The average molecular weight is 431 g/mol. The van der Waals surface area contributed by atoms with Crippen LogP contribution in [0.3, 0.4) is 0 Å². The van der Waals surface area contributed by atoms with Gasteiger partial charge in [-0.3, -0.25) is 0 Å². The fraction of sp³-hybridized carbons (Fsp3) is 0.562. The molecule has 0 heterocycles. The van der Waals surface area contributed by atoms with Crippen molar-refractivity contribution in [2.24, 2.45) is 0 Å².